The van der Waals surface area contributed by atoms with Gasteiger partial charge in [-0.15, -0.1) is 11.3 Å². The number of hydrogen-bond acceptors (Lipinski definition) is 6. The highest BCUT2D eigenvalue weighted by Gasteiger charge is 2.17. The van der Waals surface area contributed by atoms with Gasteiger partial charge in [0.25, 0.3) is 5.91 Å². The summed E-state index contributed by atoms with van der Waals surface area (Å²) in [5.74, 6) is 0.998. The van der Waals surface area contributed by atoms with Crippen LogP contribution >= 0.6 is 11.3 Å². The first-order valence-electron chi connectivity index (χ1n) is 9.65. The molecule has 1 aromatic heterocycles. The van der Waals surface area contributed by atoms with Crippen molar-refractivity contribution in [2.24, 2.45) is 0 Å². The fourth-order valence-electron chi connectivity index (χ4n) is 2.97. The quantitative estimate of drug-likeness (QED) is 0.620. The van der Waals surface area contributed by atoms with Gasteiger partial charge in [0.1, 0.15) is 6.61 Å². The van der Waals surface area contributed by atoms with E-state index in [1.165, 1.54) is 11.3 Å². The summed E-state index contributed by atoms with van der Waals surface area (Å²) in [6.45, 7) is 1.97. The molecule has 0 radical (unpaired) electrons. The van der Waals surface area contributed by atoms with Crippen molar-refractivity contribution in [2.45, 2.75) is 31.9 Å². The van der Waals surface area contributed by atoms with Gasteiger partial charge in [-0.25, -0.2) is 0 Å². The Morgan fingerprint density at radius 3 is 2.86 bits per heavy atom. The summed E-state index contributed by atoms with van der Waals surface area (Å²) in [7, 11) is 1.59. The van der Waals surface area contributed by atoms with Crippen molar-refractivity contribution >= 4 is 23.2 Å². The molecule has 7 nitrogen and oxygen atoms in total. The van der Waals surface area contributed by atoms with Gasteiger partial charge in [0.2, 0.25) is 5.91 Å². The van der Waals surface area contributed by atoms with Crippen molar-refractivity contribution < 1.29 is 23.8 Å². The lowest BCUT2D eigenvalue weighted by Gasteiger charge is -2.15. The summed E-state index contributed by atoms with van der Waals surface area (Å²) in [4.78, 5) is 24.5. The normalized spacial score (nSPS) is 15.7. The van der Waals surface area contributed by atoms with Crippen LogP contribution in [0.1, 0.15) is 34.5 Å². The third-order valence-electron chi connectivity index (χ3n) is 4.55. The lowest BCUT2D eigenvalue weighted by molar-refractivity contribution is -0.121. The number of thiophene rings is 1. The van der Waals surface area contributed by atoms with E-state index in [-0.39, 0.29) is 24.3 Å². The molecular formula is C21H26N2O5S. The highest BCUT2D eigenvalue weighted by molar-refractivity contribution is 7.12. The van der Waals surface area contributed by atoms with Crippen molar-refractivity contribution in [2.75, 3.05) is 26.9 Å². The smallest absolute Gasteiger partial charge is 0.261 e. The van der Waals surface area contributed by atoms with Gasteiger partial charge in [-0.3, -0.25) is 9.59 Å². The number of amides is 2. The lowest BCUT2D eigenvalue weighted by atomic mass is 10.2. The largest absolute Gasteiger partial charge is 0.493 e. The van der Waals surface area contributed by atoms with Crippen molar-refractivity contribution in [1.82, 2.24) is 10.6 Å². The van der Waals surface area contributed by atoms with E-state index >= 15 is 0 Å². The lowest BCUT2D eigenvalue weighted by Crippen LogP contribution is -2.30. The molecule has 1 unspecified atom stereocenters. The molecule has 29 heavy (non-hydrogen) atoms. The number of benzene rings is 1. The summed E-state index contributed by atoms with van der Waals surface area (Å²) < 4.78 is 16.8. The zero-order valence-corrected chi connectivity index (χ0v) is 17.3. The third-order valence-corrected chi connectivity index (χ3v) is 5.42. The van der Waals surface area contributed by atoms with Gasteiger partial charge in [-0.05, 0) is 42.0 Å². The van der Waals surface area contributed by atoms with Crippen molar-refractivity contribution in [3.8, 4) is 11.5 Å². The second kappa shape index (κ2) is 10.8. The fraction of sp³-hybridized carbons (Fsp3) is 0.429. The van der Waals surface area contributed by atoms with Crippen LogP contribution in [0.2, 0.25) is 0 Å². The first-order valence-corrected chi connectivity index (χ1v) is 10.5. The van der Waals surface area contributed by atoms with Gasteiger partial charge in [0.05, 0.1) is 18.1 Å². The van der Waals surface area contributed by atoms with Crippen LogP contribution in [-0.4, -0.2) is 44.8 Å². The van der Waals surface area contributed by atoms with E-state index in [9.17, 15) is 9.59 Å². The van der Waals surface area contributed by atoms with Crippen molar-refractivity contribution in [3.63, 3.8) is 0 Å². The van der Waals surface area contributed by atoms with Crippen LogP contribution in [-0.2, 0) is 16.1 Å². The van der Waals surface area contributed by atoms with E-state index in [1.54, 1.807) is 13.2 Å². The predicted octanol–water partition coefficient (Wildman–Crippen LogP) is 2.75. The van der Waals surface area contributed by atoms with Crippen LogP contribution < -0.4 is 20.1 Å². The minimum absolute atomic E-state index is 0.130. The molecule has 156 valence electrons. The Balaban J connectivity index is 1.40. The molecule has 1 aliphatic heterocycles. The standard InChI is InChI=1S/C21H26N2O5S/c1-26-18-12-15(6-7-17(18)28-14-16-4-2-10-27-16)13-23-20(24)8-9-22-21(25)19-5-3-11-29-19/h3,5-7,11-12,16H,2,4,8-10,13-14H2,1H3,(H,22,25)(H,23,24). The minimum atomic E-state index is -0.156. The number of nitrogens with one attached hydrogen (secondary N) is 2. The van der Waals surface area contributed by atoms with Gasteiger partial charge >= 0.3 is 0 Å². The SMILES string of the molecule is COc1cc(CNC(=O)CCNC(=O)c2cccs2)ccc1OCC1CCCO1. The zero-order chi connectivity index (χ0) is 20.5. The molecule has 0 saturated carbocycles. The molecule has 8 heteroatoms. The van der Waals surface area contributed by atoms with Crippen LogP contribution in [0.3, 0.4) is 0 Å². The highest BCUT2D eigenvalue weighted by Crippen LogP contribution is 2.29. The number of carbonyl (C=O) groups excluding carboxylic acids is 2. The maximum atomic E-state index is 12.0. The fourth-order valence-corrected chi connectivity index (χ4v) is 3.61. The molecular weight excluding hydrogens is 392 g/mol. The third kappa shape index (κ3) is 6.47. The highest BCUT2D eigenvalue weighted by atomic mass is 32.1. The van der Waals surface area contributed by atoms with Crippen LogP contribution in [0.5, 0.6) is 11.5 Å². The van der Waals surface area contributed by atoms with Gasteiger partial charge in [0, 0.05) is 26.1 Å². The molecule has 2 heterocycles. The molecule has 2 N–H and O–H groups in total. The van der Waals surface area contributed by atoms with E-state index in [0.717, 1.165) is 25.0 Å². The average molecular weight is 419 g/mol. The summed E-state index contributed by atoms with van der Waals surface area (Å²) in [5, 5.41) is 7.43. The zero-order valence-electron chi connectivity index (χ0n) is 16.4. The van der Waals surface area contributed by atoms with Crippen LogP contribution in [0.4, 0.5) is 0 Å². The molecule has 0 aliphatic carbocycles. The van der Waals surface area contributed by atoms with Crippen LogP contribution in [0, 0.1) is 0 Å². The Kier molecular flexibility index (Phi) is 7.89. The summed E-state index contributed by atoms with van der Waals surface area (Å²) >= 11 is 1.37. The molecule has 1 aliphatic rings. The topological polar surface area (TPSA) is 85.9 Å². The van der Waals surface area contributed by atoms with Crippen LogP contribution in [0.15, 0.2) is 35.7 Å². The molecule has 0 bridgehead atoms. The molecule has 1 saturated heterocycles. The number of hydrogen-bond donors (Lipinski definition) is 2. The second-order valence-electron chi connectivity index (χ2n) is 6.69. The molecule has 0 spiro atoms. The van der Waals surface area contributed by atoms with E-state index < -0.39 is 0 Å². The molecule has 1 atom stereocenters. The first kappa shape index (κ1) is 21.1. The minimum Gasteiger partial charge on any atom is -0.493 e. The molecule has 1 aromatic carbocycles. The molecule has 1 fully saturated rings. The van der Waals surface area contributed by atoms with Gasteiger partial charge in [-0.1, -0.05) is 12.1 Å². The monoisotopic (exact) mass is 418 g/mol. The van der Waals surface area contributed by atoms with E-state index in [4.69, 9.17) is 14.2 Å². The Hall–Kier alpha value is -2.58. The van der Waals surface area contributed by atoms with Crippen molar-refractivity contribution in [3.05, 3.63) is 46.2 Å². The Morgan fingerprint density at radius 2 is 2.14 bits per heavy atom. The van der Waals surface area contributed by atoms with Gasteiger partial charge in [0.15, 0.2) is 11.5 Å². The van der Waals surface area contributed by atoms with Crippen LogP contribution in [0.25, 0.3) is 0 Å². The maximum Gasteiger partial charge on any atom is 0.261 e. The Labute approximate surface area is 174 Å². The predicted molar refractivity (Wildman–Crippen MR) is 111 cm³/mol. The van der Waals surface area contributed by atoms with Gasteiger partial charge in [-0.2, -0.15) is 0 Å². The molecule has 2 aromatic rings. The number of rotatable bonds is 10. The van der Waals surface area contributed by atoms with E-state index in [0.29, 0.717) is 36.1 Å². The molecule has 3 rings (SSSR count). The van der Waals surface area contributed by atoms with Gasteiger partial charge < -0.3 is 24.8 Å². The van der Waals surface area contributed by atoms with E-state index in [2.05, 4.69) is 10.6 Å². The number of methoxy groups -OCH3 is 1. The maximum absolute atomic E-state index is 12.0. The van der Waals surface area contributed by atoms with E-state index in [1.807, 2.05) is 29.6 Å². The second-order valence-corrected chi connectivity index (χ2v) is 7.64. The Bertz CT molecular complexity index is 803. The number of carbonyl (C=O) groups is 2. The molecule has 2 amide bonds. The summed E-state index contributed by atoms with van der Waals surface area (Å²) in [5.41, 5.74) is 0.905. The average Bonchev–Trinajstić information content (AvgIpc) is 3.45. The summed E-state index contributed by atoms with van der Waals surface area (Å²) in [6, 6.07) is 9.16. The Morgan fingerprint density at radius 1 is 1.24 bits per heavy atom. The number of ether oxygens (including phenoxy) is 3. The van der Waals surface area contributed by atoms with Crippen molar-refractivity contribution in [1.29, 1.82) is 0 Å². The summed E-state index contributed by atoms with van der Waals surface area (Å²) in [6.07, 6.45) is 2.44. The first-order chi connectivity index (χ1) is 14.2.